The van der Waals surface area contributed by atoms with Crippen LogP contribution in [0.25, 0.3) is 0 Å². The van der Waals surface area contributed by atoms with Crippen LogP contribution >= 0.6 is 0 Å². The van der Waals surface area contributed by atoms with Gasteiger partial charge >= 0.3 is 0 Å². The van der Waals surface area contributed by atoms with E-state index in [2.05, 4.69) is 39.9 Å². The van der Waals surface area contributed by atoms with Crippen molar-refractivity contribution in [2.75, 3.05) is 6.54 Å². The van der Waals surface area contributed by atoms with Gasteiger partial charge in [-0.25, -0.2) is 0 Å². The second-order valence-corrected chi connectivity index (χ2v) is 8.97. The first kappa shape index (κ1) is 13.0. The average Bonchev–Trinajstić information content (AvgIpc) is 3.03. The lowest BCUT2D eigenvalue weighted by molar-refractivity contribution is 0.0889. The molecule has 0 heterocycles. The zero-order chi connectivity index (χ0) is 13.2. The third kappa shape index (κ3) is 1.94. The van der Waals surface area contributed by atoms with Crippen LogP contribution < -0.4 is 5.32 Å². The molecule has 0 amide bonds. The minimum Gasteiger partial charge on any atom is -0.314 e. The molecular weight excluding hydrogens is 218 g/mol. The Balaban J connectivity index is 1.72. The molecule has 1 heteroatoms. The molecule has 0 bridgehead atoms. The molecule has 1 N–H and O–H groups in total. The van der Waals surface area contributed by atoms with Gasteiger partial charge in [-0.05, 0) is 66.7 Å². The first-order valence-corrected chi connectivity index (χ1v) is 8.00. The Kier molecular flexibility index (Phi) is 2.70. The van der Waals surface area contributed by atoms with Gasteiger partial charge in [0, 0.05) is 6.04 Å². The smallest absolute Gasteiger partial charge is 0.00683 e. The monoisotopic (exact) mass is 249 g/mol. The Bertz CT molecular complexity index is 340. The van der Waals surface area contributed by atoms with E-state index in [4.69, 9.17) is 0 Å². The maximum absolute atomic E-state index is 3.79. The fourth-order valence-electron chi connectivity index (χ4n) is 5.48. The van der Waals surface area contributed by atoms with Crippen molar-refractivity contribution in [1.82, 2.24) is 5.32 Å². The molecule has 0 aromatic rings. The molecule has 1 spiro atoms. The van der Waals surface area contributed by atoms with Crippen molar-refractivity contribution >= 4 is 0 Å². The van der Waals surface area contributed by atoms with Crippen LogP contribution in [0.2, 0.25) is 0 Å². The largest absolute Gasteiger partial charge is 0.314 e. The van der Waals surface area contributed by atoms with E-state index in [0.717, 1.165) is 17.9 Å². The Morgan fingerprint density at radius 3 is 2.28 bits per heavy atom. The molecule has 0 aliphatic heterocycles. The van der Waals surface area contributed by atoms with E-state index in [0.29, 0.717) is 16.2 Å². The van der Waals surface area contributed by atoms with Crippen molar-refractivity contribution in [3.05, 3.63) is 0 Å². The summed E-state index contributed by atoms with van der Waals surface area (Å²) in [6, 6.07) is 0.868. The summed E-state index contributed by atoms with van der Waals surface area (Å²) in [5, 5.41) is 3.79. The van der Waals surface area contributed by atoms with Crippen LogP contribution in [0.3, 0.4) is 0 Å². The molecule has 1 nitrogen and oxygen atoms in total. The molecule has 0 radical (unpaired) electrons. The normalized spacial score (nSPS) is 45.2. The molecule has 3 rings (SSSR count). The maximum Gasteiger partial charge on any atom is 0.00683 e. The van der Waals surface area contributed by atoms with E-state index in [-0.39, 0.29) is 0 Å². The van der Waals surface area contributed by atoms with Crippen molar-refractivity contribution in [3.63, 3.8) is 0 Å². The molecule has 0 saturated heterocycles. The molecular formula is C17H31N. The summed E-state index contributed by atoms with van der Waals surface area (Å²) in [6.45, 7) is 13.8. The summed E-state index contributed by atoms with van der Waals surface area (Å²) in [5.74, 6) is 1.84. The van der Waals surface area contributed by atoms with Crippen molar-refractivity contribution in [2.24, 2.45) is 28.1 Å². The zero-order valence-electron chi connectivity index (χ0n) is 13.0. The van der Waals surface area contributed by atoms with Crippen LogP contribution in [-0.2, 0) is 0 Å². The standard InChI is InChI=1S/C17H31N/c1-12-8-15(2,3)11-17(9-12)14(16(17,4)5)10-18-13-6-7-13/h12-14,18H,6-11H2,1-5H3. The minimum atomic E-state index is 0.559. The van der Waals surface area contributed by atoms with Gasteiger partial charge in [0.25, 0.3) is 0 Å². The Morgan fingerprint density at radius 1 is 1.06 bits per heavy atom. The highest BCUT2D eigenvalue weighted by molar-refractivity contribution is 5.20. The first-order chi connectivity index (χ1) is 8.27. The number of hydrogen-bond donors (Lipinski definition) is 1. The molecule has 104 valence electrons. The van der Waals surface area contributed by atoms with E-state index in [1.807, 2.05) is 0 Å². The van der Waals surface area contributed by atoms with Crippen molar-refractivity contribution < 1.29 is 0 Å². The molecule has 0 aromatic carbocycles. The molecule has 3 fully saturated rings. The summed E-state index contributed by atoms with van der Waals surface area (Å²) in [6.07, 6.45) is 7.19. The van der Waals surface area contributed by atoms with Gasteiger partial charge in [-0.15, -0.1) is 0 Å². The Labute approximate surface area is 113 Å². The topological polar surface area (TPSA) is 12.0 Å². The highest BCUT2D eigenvalue weighted by atomic mass is 15.0. The van der Waals surface area contributed by atoms with Gasteiger partial charge in [-0.3, -0.25) is 0 Å². The van der Waals surface area contributed by atoms with E-state index < -0.39 is 0 Å². The highest BCUT2D eigenvalue weighted by Crippen LogP contribution is 2.77. The third-order valence-electron chi connectivity index (χ3n) is 6.33. The fraction of sp³-hybridized carbons (Fsp3) is 1.00. The maximum atomic E-state index is 3.79. The zero-order valence-corrected chi connectivity index (χ0v) is 13.0. The lowest BCUT2D eigenvalue weighted by atomic mass is 9.64. The Morgan fingerprint density at radius 2 is 1.72 bits per heavy atom. The third-order valence-corrected chi connectivity index (χ3v) is 6.33. The van der Waals surface area contributed by atoms with Gasteiger partial charge in [0.05, 0.1) is 0 Å². The number of hydrogen-bond acceptors (Lipinski definition) is 1. The van der Waals surface area contributed by atoms with Gasteiger partial charge in [0.15, 0.2) is 0 Å². The van der Waals surface area contributed by atoms with Crippen LogP contribution in [0.1, 0.15) is 66.7 Å². The van der Waals surface area contributed by atoms with Crippen molar-refractivity contribution in [3.8, 4) is 0 Å². The number of nitrogens with one attached hydrogen (secondary N) is 1. The summed E-state index contributed by atoms with van der Waals surface area (Å²) in [5.41, 5.74) is 1.78. The Hall–Kier alpha value is -0.0400. The predicted octanol–water partition coefficient (Wildman–Crippen LogP) is 4.23. The minimum absolute atomic E-state index is 0.559. The predicted molar refractivity (Wildman–Crippen MR) is 77.5 cm³/mol. The second-order valence-electron chi connectivity index (χ2n) is 8.97. The van der Waals surface area contributed by atoms with Crippen molar-refractivity contribution in [2.45, 2.75) is 72.8 Å². The first-order valence-electron chi connectivity index (χ1n) is 8.00. The highest BCUT2D eigenvalue weighted by Gasteiger charge is 2.71. The molecule has 3 atom stereocenters. The van der Waals surface area contributed by atoms with Crippen molar-refractivity contribution in [1.29, 1.82) is 0 Å². The van der Waals surface area contributed by atoms with Gasteiger partial charge < -0.3 is 5.32 Å². The van der Waals surface area contributed by atoms with Gasteiger partial charge in [0.1, 0.15) is 0 Å². The van der Waals surface area contributed by atoms with Gasteiger partial charge in [0.2, 0.25) is 0 Å². The van der Waals surface area contributed by atoms with Crippen LogP contribution in [0.4, 0.5) is 0 Å². The quantitative estimate of drug-likeness (QED) is 0.789. The molecule has 3 unspecified atom stereocenters. The molecule has 18 heavy (non-hydrogen) atoms. The van der Waals surface area contributed by atoms with E-state index >= 15 is 0 Å². The lowest BCUT2D eigenvalue weighted by Crippen LogP contribution is -2.32. The SMILES string of the molecule is CC1CC(C)(C)CC2(C1)C(CNC1CC1)C2(C)C. The fourth-order valence-corrected chi connectivity index (χ4v) is 5.48. The van der Waals surface area contributed by atoms with Crippen LogP contribution in [-0.4, -0.2) is 12.6 Å². The summed E-state index contributed by atoms with van der Waals surface area (Å²) < 4.78 is 0. The van der Waals surface area contributed by atoms with Crippen LogP contribution in [0, 0.1) is 28.1 Å². The molecule has 3 saturated carbocycles. The van der Waals surface area contributed by atoms with Gasteiger partial charge in [-0.2, -0.15) is 0 Å². The second kappa shape index (κ2) is 3.75. The molecule has 3 aliphatic carbocycles. The summed E-state index contributed by atoms with van der Waals surface area (Å²) >= 11 is 0. The summed E-state index contributed by atoms with van der Waals surface area (Å²) in [7, 11) is 0. The van der Waals surface area contributed by atoms with Crippen LogP contribution in [0.15, 0.2) is 0 Å². The van der Waals surface area contributed by atoms with E-state index in [1.54, 1.807) is 0 Å². The lowest BCUT2D eigenvalue weighted by Gasteiger charge is -2.41. The summed E-state index contributed by atoms with van der Waals surface area (Å²) in [4.78, 5) is 0. The van der Waals surface area contributed by atoms with Crippen LogP contribution in [0.5, 0.6) is 0 Å². The van der Waals surface area contributed by atoms with Gasteiger partial charge in [-0.1, -0.05) is 34.6 Å². The van der Waals surface area contributed by atoms with E-state index in [9.17, 15) is 0 Å². The molecule has 3 aliphatic rings. The number of rotatable bonds is 3. The average molecular weight is 249 g/mol. The molecule has 0 aromatic heterocycles. The van der Waals surface area contributed by atoms with E-state index in [1.165, 1.54) is 38.6 Å².